The lowest BCUT2D eigenvalue weighted by atomic mass is 10.2. The third kappa shape index (κ3) is 3.94. The summed E-state index contributed by atoms with van der Waals surface area (Å²) >= 11 is 2.14. The smallest absolute Gasteiger partial charge is 0.340 e. The Hall–Kier alpha value is -1.18. The van der Waals surface area contributed by atoms with E-state index in [2.05, 4.69) is 32.9 Å². The van der Waals surface area contributed by atoms with E-state index in [1.54, 1.807) is 17.1 Å². The van der Waals surface area contributed by atoms with Crippen LogP contribution in [0.15, 0.2) is 28.5 Å². The molecule has 6 heteroatoms. The standard InChI is InChI=1S/C12H16IN3O2/c1-4-16(5-2)15-14-11-7-6-9(13)8-10(11)12(17)18-3/h6-8H,4-5H2,1-3H3. The third-order valence-electron chi connectivity index (χ3n) is 2.37. The van der Waals surface area contributed by atoms with Crippen molar-refractivity contribution in [2.45, 2.75) is 13.8 Å². The molecule has 0 aromatic heterocycles. The average molecular weight is 361 g/mol. The summed E-state index contributed by atoms with van der Waals surface area (Å²) < 4.78 is 5.69. The Labute approximate surface area is 120 Å². The van der Waals surface area contributed by atoms with Crippen LogP contribution >= 0.6 is 22.6 Å². The molecule has 0 N–H and O–H groups in total. The van der Waals surface area contributed by atoms with Gasteiger partial charge in [0.25, 0.3) is 0 Å². The van der Waals surface area contributed by atoms with E-state index in [0.717, 1.165) is 16.7 Å². The van der Waals surface area contributed by atoms with E-state index in [4.69, 9.17) is 4.74 Å². The van der Waals surface area contributed by atoms with E-state index in [-0.39, 0.29) is 0 Å². The molecule has 0 aliphatic heterocycles. The predicted octanol–water partition coefficient (Wildman–Crippen LogP) is 3.42. The SMILES string of the molecule is CCN(CC)N=Nc1ccc(I)cc1C(=O)OC. The van der Waals surface area contributed by atoms with Crippen molar-refractivity contribution < 1.29 is 9.53 Å². The second-order valence-electron chi connectivity index (χ2n) is 3.48. The van der Waals surface area contributed by atoms with Gasteiger partial charge in [-0.3, -0.25) is 5.01 Å². The highest BCUT2D eigenvalue weighted by molar-refractivity contribution is 14.1. The molecule has 1 aromatic carbocycles. The molecule has 0 aliphatic rings. The quantitative estimate of drug-likeness (QED) is 0.350. The maximum atomic E-state index is 11.6. The molecule has 18 heavy (non-hydrogen) atoms. The van der Waals surface area contributed by atoms with Crippen molar-refractivity contribution in [2.24, 2.45) is 10.3 Å². The number of rotatable bonds is 5. The molecule has 0 spiro atoms. The molecular weight excluding hydrogens is 345 g/mol. The topological polar surface area (TPSA) is 54.3 Å². The van der Waals surface area contributed by atoms with Gasteiger partial charge >= 0.3 is 5.97 Å². The van der Waals surface area contributed by atoms with Gasteiger partial charge in [-0.25, -0.2) is 4.79 Å². The second kappa shape index (κ2) is 7.30. The van der Waals surface area contributed by atoms with Crippen LogP contribution in [0.5, 0.6) is 0 Å². The van der Waals surface area contributed by atoms with Crippen LogP contribution in [0.3, 0.4) is 0 Å². The van der Waals surface area contributed by atoms with Crippen LogP contribution in [0.2, 0.25) is 0 Å². The summed E-state index contributed by atoms with van der Waals surface area (Å²) in [4.78, 5) is 11.6. The van der Waals surface area contributed by atoms with Gasteiger partial charge in [0, 0.05) is 16.7 Å². The Kier molecular flexibility index (Phi) is 6.03. The lowest BCUT2D eigenvalue weighted by molar-refractivity contribution is 0.0601. The molecule has 0 saturated heterocycles. The van der Waals surface area contributed by atoms with Crippen LogP contribution < -0.4 is 0 Å². The molecule has 0 aliphatic carbocycles. The summed E-state index contributed by atoms with van der Waals surface area (Å²) in [7, 11) is 1.35. The number of carbonyl (C=O) groups is 1. The summed E-state index contributed by atoms with van der Waals surface area (Å²) in [6.07, 6.45) is 0. The highest BCUT2D eigenvalue weighted by atomic mass is 127. The number of hydrogen-bond donors (Lipinski definition) is 0. The van der Waals surface area contributed by atoms with Crippen LogP contribution in [0, 0.1) is 3.57 Å². The number of hydrogen-bond acceptors (Lipinski definition) is 4. The molecule has 0 fully saturated rings. The van der Waals surface area contributed by atoms with E-state index in [0.29, 0.717) is 11.3 Å². The number of esters is 1. The summed E-state index contributed by atoms with van der Waals surface area (Å²) in [6, 6.07) is 5.38. The lowest BCUT2D eigenvalue weighted by Gasteiger charge is -2.11. The third-order valence-corrected chi connectivity index (χ3v) is 3.04. The van der Waals surface area contributed by atoms with Crippen LogP contribution in [0.4, 0.5) is 5.69 Å². The first-order valence-electron chi connectivity index (χ1n) is 5.66. The minimum atomic E-state index is -0.401. The van der Waals surface area contributed by atoms with Gasteiger partial charge in [-0.1, -0.05) is 5.22 Å². The molecule has 1 aromatic rings. The zero-order chi connectivity index (χ0) is 13.5. The van der Waals surface area contributed by atoms with Crippen molar-refractivity contribution in [1.82, 2.24) is 5.01 Å². The van der Waals surface area contributed by atoms with Crippen LogP contribution in [0.1, 0.15) is 24.2 Å². The summed E-state index contributed by atoms with van der Waals surface area (Å²) in [5.41, 5.74) is 0.953. The van der Waals surface area contributed by atoms with Crippen molar-refractivity contribution in [2.75, 3.05) is 20.2 Å². The van der Waals surface area contributed by atoms with E-state index >= 15 is 0 Å². The van der Waals surface area contributed by atoms with Crippen LogP contribution in [0.25, 0.3) is 0 Å². The highest BCUT2D eigenvalue weighted by Gasteiger charge is 2.12. The van der Waals surface area contributed by atoms with Crippen molar-refractivity contribution in [3.63, 3.8) is 0 Å². The molecule has 0 atom stereocenters. The average Bonchev–Trinajstić information content (AvgIpc) is 2.40. The first-order chi connectivity index (χ1) is 8.62. The zero-order valence-corrected chi connectivity index (χ0v) is 12.8. The highest BCUT2D eigenvalue weighted by Crippen LogP contribution is 2.23. The fourth-order valence-electron chi connectivity index (χ4n) is 1.33. The van der Waals surface area contributed by atoms with Gasteiger partial charge in [0.2, 0.25) is 0 Å². The fraction of sp³-hybridized carbons (Fsp3) is 0.417. The Balaban J connectivity index is 3.04. The largest absolute Gasteiger partial charge is 0.465 e. The number of carbonyl (C=O) groups excluding carboxylic acids is 1. The summed E-state index contributed by atoms with van der Waals surface area (Å²) in [5, 5.41) is 10.00. The molecule has 0 amide bonds. The maximum absolute atomic E-state index is 11.6. The minimum Gasteiger partial charge on any atom is -0.465 e. The second-order valence-corrected chi connectivity index (χ2v) is 4.73. The number of nitrogens with zero attached hydrogens (tertiary/aromatic N) is 3. The molecule has 5 nitrogen and oxygen atoms in total. The number of ether oxygens (including phenoxy) is 1. The van der Waals surface area contributed by atoms with E-state index < -0.39 is 5.97 Å². The molecule has 0 saturated carbocycles. The zero-order valence-electron chi connectivity index (χ0n) is 10.7. The first-order valence-corrected chi connectivity index (χ1v) is 6.74. The van der Waals surface area contributed by atoms with E-state index in [1.165, 1.54) is 7.11 Å². The molecule has 98 valence electrons. The molecular formula is C12H16IN3O2. The summed E-state index contributed by atoms with van der Waals surface area (Å²) in [6.45, 7) is 5.55. The Morgan fingerprint density at radius 3 is 2.61 bits per heavy atom. The Morgan fingerprint density at radius 1 is 1.39 bits per heavy atom. The Morgan fingerprint density at radius 2 is 2.06 bits per heavy atom. The van der Waals surface area contributed by atoms with Gasteiger partial charge in [-0.2, -0.15) is 0 Å². The molecule has 0 heterocycles. The lowest BCUT2D eigenvalue weighted by Crippen LogP contribution is -2.14. The van der Waals surface area contributed by atoms with Gasteiger partial charge in [-0.15, -0.1) is 5.11 Å². The van der Waals surface area contributed by atoms with E-state index in [1.807, 2.05) is 19.9 Å². The van der Waals surface area contributed by atoms with Crippen molar-refractivity contribution in [1.29, 1.82) is 0 Å². The number of benzene rings is 1. The molecule has 0 bridgehead atoms. The van der Waals surface area contributed by atoms with Gasteiger partial charge in [0.15, 0.2) is 0 Å². The minimum absolute atomic E-state index is 0.401. The normalized spacial score (nSPS) is 10.7. The monoisotopic (exact) mass is 361 g/mol. The molecule has 0 radical (unpaired) electrons. The van der Waals surface area contributed by atoms with Crippen LogP contribution in [-0.4, -0.2) is 31.2 Å². The fourth-order valence-corrected chi connectivity index (χ4v) is 1.82. The Bertz CT molecular complexity index is 445. The summed E-state index contributed by atoms with van der Waals surface area (Å²) in [5.74, 6) is -0.401. The van der Waals surface area contributed by atoms with Gasteiger partial charge < -0.3 is 4.74 Å². The van der Waals surface area contributed by atoms with Crippen LogP contribution in [-0.2, 0) is 4.74 Å². The maximum Gasteiger partial charge on any atom is 0.340 e. The van der Waals surface area contributed by atoms with Crippen molar-refractivity contribution in [3.8, 4) is 0 Å². The van der Waals surface area contributed by atoms with Gasteiger partial charge in [0.1, 0.15) is 5.69 Å². The van der Waals surface area contributed by atoms with Crippen molar-refractivity contribution in [3.05, 3.63) is 27.3 Å². The number of halogens is 1. The molecule has 0 unspecified atom stereocenters. The van der Waals surface area contributed by atoms with Gasteiger partial charge in [0.05, 0.1) is 12.7 Å². The number of methoxy groups -OCH3 is 1. The van der Waals surface area contributed by atoms with Gasteiger partial charge in [-0.05, 0) is 54.6 Å². The molecule has 1 rings (SSSR count). The van der Waals surface area contributed by atoms with E-state index in [9.17, 15) is 4.79 Å². The van der Waals surface area contributed by atoms with Crippen molar-refractivity contribution >= 4 is 34.2 Å². The predicted molar refractivity (Wildman–Crippen MR) is 77.9 cm³/mol. The first kappa shape index (κ1) is 14.9.